The highest BCUT2D eigenvalue weighted by atomic mass is 32.2. The zero-order chi connectivity index (χ0) is 14.8. The third kappa shape index (κ3) is 2.75. The van der Waals surface area contributed by atoms with Gasteiger partial charge in [0.2, 0.25) is 9.84 Å². The maximum atomic E-state index is 12.6. The standard InChI is InChI=1S/C16H19NO2S/c1-4-13-10-15(11-17-16(13)5-2)20(18,19)14-8-6-12(3)7-9-14/h6-11H,4-5H2,1-3H3. The lowest BCUT2D eigenvalue weighted by atomic mass is 10.1. The second kappa shape index (κ2) is 5.75. The molecule has 20 heavy (non-hydrogen) atoms. The molecule has 0 fully saturated rings. The van der Waals surface area contributed by atoms with Gasteiger partial charge in [-0.25, -0.2) is 8.42 Å². The van der Waals surface area contributed by atoms with E-state index >= 15 is 0 Å². The molecule has 1 aromatic carbocycles. The van der Waals surface area contributed by atoms with Gasteiger partial charge in [-0.1, -0.05) is 31.5 Å². The summed E-state index contributed by atoms with van der Waals surface area (Å²) in [6.45, 7) is 5.97. The van der Waals surface area contributed by atoms with Crippen LogP contribution in [0.15, 0.2) is 46.3 Å². The first-order valence-electron chi connectivity index (χ1n) is 6.78. The highest BCUT2D eigenvalue weighted by Gasteiger charge is 2.19. The Balaban J connectivity index is 2.52. The van der Waals surface area contributed by atoms with Crippen LogP contribution >= 0.6 is 0 Å². The molecule has 0 aliphatic heterocycles. The molecule has 4 heteroatoms. The maximum absolute atomic E-state index is 12.6. The van der Waals surface area contributed by atoms with Gasteiger partial charge in [-0.3, -0.25) is 4.98 Å². The minimum atomic E-state index is -3.48. The first kappa shape index (κ1) is 14.7. The fraction of sp³-hybridized carbons (Fsp3) is 0.312. The van der Waals surface area contributed by atoms with E-state index in [4.69, 9.17) is 0 Å². The average Bonchev–Trinajstić information content (AvgIpc) is 2.46. The smallest absolute Gasteiger partial charge is 0.208 e. The maximum Gasteiger partial charge on any atom is 0.208 e. The first-order valence-corrected chi connectivity index (χ1v) is 8.27. The number of sulfone groups is 1. The fourth-order valence-electron chi connectivity index (χ4n) is 2.14. The molecule has 0 saturated heterocycles. The topological polar surface area (TPSA) is 47.0 Å². The average molecular weight is 289 g/mol. The molecule has 1 aromatic heterocycles. The summed E-state index contributed by atoms with van der Waals surface area (Å²) < 4.78 is 25.1. The van der Waals surface area contributed by atoms with Crippen molar-refractivity contribution >= 4 is 9.84 Å². The van der Waals surface area contributed by atoms with E-state index < -0.39 is 9.84 Å². The Morgan fingerprint density at radius 1 is 1.00 bits per heavy atom. The molecule has 3 nitrogen and oxygen atoms in total. The van der Waals surface area contributed by atoms with Gasteiger partial charge < -0.3 is 0 Å². The van der Waals surface area contributed by atoms with Crippen LogP contribution in [0.25, 0.3) is 0 Å². The summed E-state index contributed by atoms with van der Waals surface area (Å²) in [4.78, 5) is 4.89. The number of benzene rings is 1. The molecule has 0 spiro atoms. The van der Waals surface area contributed by atoms with E-state index in [9.17, 15) is 8.42 Å². The summed E-state index contributed by atoms with van der Waals surface area (Å²) in [6, 6.07) is 8.65. The Labute approximate surface area is 120 Å². The molecule has 2 aromatic rings. The molecule has 0 atom stereocenters. The van der Waals surface area contributed by atoms with E-state index in [1.165, 1.54) is 6.20 Å². The van der Waals surface area contributed by atoms with Crippen LogP contribution in [0.4, 0.5) is 0 Å². The van der Waals surface area contributed by atoms with Gasteiger partial charge >= 0.3 is 0 Å². The summed E-state index contributed by atoms with van der Waals surface area (Å²) in [5.41, 5.74) is 3.01. The van der Waals surface area contributed by atoms with E-state index in [2.05, 4.69) is 4.98 Å². The molecular weight excluding hydrogens is 270 g/mol. The van der Waals surface area contributed by atoms with E-state index in [0.29, 0.717) is 4.90 Å². The Kier molecular flexibility index (Phi) is 4.23. The first-order chi connectivity index (χ1) is 9.48. The third-order valence-electron chi connectivity index (χ3n) is 3.39. The highest BCUT2D eigenvalue weighted by molar-refractivity contribution is 7.91. The number of hydrogen-bond acceptors (Lipinski definition) is 3. The van der Waals surface area contributed by atoms with Gasteiger partial charge in [-0.2, -0.15) is 0 Å². The van der Waals surface area contributed by atoms with Gasteiger partial charge in [0.1, 0.15) is 0 Å². The summed E-state index contributed by atoms with van der Waals surface area (Å²) in [6.07, 6.45) is 3.06. The van der Waals surface area contributed by atoms with Gasteiger partial charge in [-0.15, -0.1) is 0 Å². The molecule has 1 heterocycles. The van der Waals surface area contributed by atoms with Crippen LogP contribution in [0.2, 0.25) is 0 Å². The predicted molar refractivity (Wildman–Crippen MR) is 79.6 cm³/mol. The zero-order valence-corrected chi connectivity index (χ0v) is 12.9. The van der Waals surface area contributed by atoms with Crippen molar-refractivity contribution < 1.29 is 8.42 Å². The van der Waals surface area contributed by atoms with Gasteiger partial charge in [0.05, 0.1) is 9.79 Å². The summed E-state index contributed by atoms with van der Waals surface area (Å²) in [5, 5.41) is 0. The Bertz CT molecular complexity index is 704. The molecule has 0 aliphatic carbocycles. The Hall–Kier alpha value is -1.68. The minimum Gasteiger partial charge on any atom is -0.260 e. The zero-order valence-electron chi connectivity index (χ0n) is 12.1. The van der Waals surface area contributed by atoms with Crippen LogP contribution in [0.5, 0.6) is 0 Å². The Morgan fingerprint density at radius 2 is 1.65 bits per heavy atom. The van der Waals surface area contributed by atoms with Crippen molar-refractivity contribution in [3.05, 3.63) is 53.3 Å². The molecule has 0 unspecified atom stereocenters. The summed E-state index contributed by atoms with van der Waals surface area (Å²) in [5.74, 6) is 0. The van der Waals surface area contributed by atoms with Crippen molar-refractivity contribution in [2.24, 2.45) is 0 Å². The molecule has 106 valence electrons. The summed E-state index contributed by atoms with van der Waals surface area (Å²) in [7, 11) is -3.48. The molecule has 0 amide bonds. The Morgan fingerprint density at radius 3 is 2.20 bits per heavy atom. The van der Waals surface area contributed by atoms with Crippen LogP contribution < -0.4 is 0 Å². The number of aryl methyl sites for hydroxylation is 3. The van der Waals surface area contributed by atoms with Crippen LogP contribution in [0.1, 0.15) is 30.7 Å². The van der Waals surface area contributed by atoms with Crippen LogP contribution in [-0.4, -0.2) is 13.4 Å². The van der Waals surface area contributed by atoms with E-state index in [1.807, 2.05) is 32.9 Å². The van der Waals surface area contributed by atoms with E-state index in [1.54, 1.807) is 18.2 Å². The van der Waals surface area contributed by atoms with E-state index in [0.717, 1.165) is 29.7 Å². The van der Waals surface area contributed by atoms with Crippen molar-refractivity contribution in [3.8, 4) is 0 Å². The molecule has 0 saturated carbocycles. The largest absolute Gasteiger partial charge is 0.260 e. The summed E-state index contributed by atoms with van der Waals surface area (Å²) >= 11 is 0. The van der Waals surface area contributed by atoms with Gasteiger partial charge in [-0.05, 0) is 43.5 Å². The van der Waals surface area contributed by atoms with E-state index in [-0.39, 0.29) is 4.90 Å². The van der Waals surface area contributed by atoms with Gasteiger partial charge in [0, 0.05) is 11.9 Å². The van der Waals surface area contributed by atoms with Gasteiger partial charge in [0.25, 0.3) is 0 Å². The minimum absolute atomic E-state index is 0.274. The predicted octanol–water partition coefficient (Wildman–Crippen LogP) is 3.35. The molecule has 2 rings (SSSR count). The number of rotatable bonds is 4. The van der Waals surface area contributed by atoms with Crippen molar-refractivity contribution in [1.82, 2.24) is 4.98 Å². The highest BCUT2D eigenvalue weighted by Crippen LogP contribution is 2.22. The lowest BCUT2D eigenvalue weighted by Gasteiger charge is -2.09. The molecular formula is C16H19NO2S. The van der Waals surface area contributed by atoms with Crippen molar-refractivity contribution in [2.75, 3.05) is 0 Å². The fourth-order valence-corrected chi connectivity index (χ4v) is 3.40. The second-order valence-corrected chi connectivity index (χ2v) is 6.75. The lowest BCUT2D eigenvalue weighted by molar-refractivity contribution is 0.595. The monoisotopic (exact) mass is 289 g/mol. The van der Waals surface area contributed by atoms with Crippen molar-refractivity contribution in [1.29, 1.82) is 0 Å². The number of nitrogens with zero attached hydrogens (tertiary/aromatic N) is 1. The van der Waals surface area contributed by atoms with Crippen LogP contribution in [0, 0.1) is 6.92 Å². The van der Waals surface area contributed by atoms with Crippen LogP contribution in [-0.2, 0) is 22.7 Å². The van der Waals surface area contributed by atoms with Crippen molar-refractivity contribution in [2.45, 2.75) is 43.4 Å². The number of aromatic nitrogens is 1. The SMILES string of the molecule is CCc1cc(S(=O)(=O)c2ccc(C)cc2)cnc1CC. The third-order valence-corrected chi connectivity index (χ3v) is 5.13. The second-order valence-electron chi connectivity index (χ2n) is 4.80. The molecule has 0 radical (unpaired) electrons. The molecule has 0 bridgehead atoms. The normalized spacial score (nSPS) is 11.6. The molecule has 0 N–H and O–H groups in total. The van der Waals surface area contributed by atoms with Crippen molar-refractivity contribution in [3.63, 3.8) is 0 Å². The van der Waals surface area contributed by atoms with Crippen LogP contribution in [0.3, 0.4) is 0 Å². The number of hydrogen-bond donors (Lipinski definition) is 0. The van der Waals surface area contributed by atoms with Gasteiger partial charge in [0.15, 0.2) is 0 Å². The number of pyridine rings is 1. The lowest BCUT2D eigenvalue weighted by Crippen LogP contribution is -2.05. The molecule has 0 aliphatic rings. The quantitative estimate of drug-likeness (QED) is 0.867.